The van der Waals surface area contributed by atoms with E-state index in [1.165, 1.54) is 31.2 Å². The number of carbonyl (C=O) groups is 2. The highest BCUT2D eigenvalue weighted by atomic mass is 79.9. The summed E-state index contributed by atoms with van der Waals surface area (Å²) in [5.74, 6) is -0.141. The van der Waals surface area contributed by atoms with Crippen LogP contribution < -0.4 is 5.59 Å². The average Bonchev–Trinajstić information content (AvgIpc) is 3.72. The zero-order chi connectivity index (χ0) is 33.5. The van der Waals surface area contributed by atoms with Crippen molar-refractivity contribution in [1.29, 1.82) is 0 Å². The molecule has 3 N–H and O–H groups in total. The molecule has 10 heteroatoms. The summed E-state index contributed by atoms with van der Waals surface area (Å²) in [4.78, 5) is 30.5. The molecule has 47 heavy (non-hydrogen) atoms. The largest absolute Gasteiger partial charge is 0.512 e. The van der Waals surface area contributed by atoms with Crippen molar-refractivity contribution in [2.75, 3.05) is 0 Å². The minimum absolute atomic E-state index is 0.0226. The van der Waals surface area contributed by atoms with E-state index in [1.54, 1.807) is 12.1 Å². The number of hydrogen-bond acceptors (Lipinski definition) is 5. The third kappa shape index (κ3) is 6.92. The molecule has 2 saturated carbocycles. The first-order valence-electron chi connectivity index (χ1n) is 17.0. The molecule has 1 aliphatic heterocycles. The third-order valence-electron chi connectivity index (χ3n) is 10.7. The fourth-order valence-electron chi connectivity index (χ4n) is 7.18. The number of carboxylic acid groups (broad SMARTS) is 1. The molecule has 4 aromatic rings. The van der Waals surface area contributed by atoms with Gasteiger partial charge in [-0.05, 0) is 113 Å². The van der Waals surface area contributed by atoms with Crippen LogP contribution in [0.4, 0.5) is 0 Å². The van der Waals surface area contributed by atoms with Crippen molar-refractivity contribution in [3.05, 3.63) is 65.4 Å². The van der Waals surface area contributed by atoms with E-state index in [4.69, 9.17) is 14.0 Å². The van der Waals surface area contributed by atoms with Crippen LogP contribution in [0.2, 0.25) is 0 Å². The number of H-pyrrole nitrogens is 2. The molecule has 0 spiro atoms. The second-order valence-electron chi connectivity index (χ2n) is 14.5. The highest BCUT2D eigenvalue weighted by Crippen LogP contribution is 2.40. The smallest absolute Gasteiger partial charge is 0.478 e. The molecule has 3 aliphatic rings. The molecule has 0 radical (unpaired) electrons. The number of fused-ring (bicyclic) bond motifs is 2. The average molecular weight is 705 g/mol. The third-order valence-corrected chi connectivity index (χ3v) is 12.2. The topological polar surface area (TPSA) is 114 Å². The zero-order valence-corrected chi connectivity index (χ0v) is 29.6. The Hall–Kier alpha value is -3.08. The van der Waals surface area contributed by atoms with Crippen LogP contribution >= 0.6 is 15.9 Å². The van der Waals surface area contributed by atoms with Crippen LogP contribution in [-0.2, 0) is 14.0 Å². The Morgan fingerprint density at radius 2 is 1.57 bits per heavy atom. The van der Waals surface area contributed by atoms with Gasteiger partial charge in [0.1, 0.15) is 6.10 Å². The molecular weight excluding hydrogens is 659 g/mol. The van der Waals surface area contributed by atoms with Gasteiger partial charge in [0, 0.05) is 28.2 Å². The summed E-state index contributed by atoms with van der Waals surface area (Å²) < 4.78 is 18.3. The lowest BCUT2D eigenvalue weighted by Crippen LogP contribution is -2.41. The fraction of sp³-hybridized carbons (Fsp3) is 0.514. The molecule has 2 aliphatic carbocycles. The van der Waals surface area contributed by atoms with E-state index in [-0.39, 0.29) is 16.9 Å². The fourth-order valence-corrected chi connectivity index (χ4v) is 7.82. The maximum Gasteiger partial charge on any atom is 0.512 e. The summed E-state index contributed by atoms with van der Waals surface area (Å²) in [6.07, 6.45) is 11.2. The SMILES string of the molecule is CC1(C)OB(c2[nH]c3cc(C(=O)O)ccc3c2C2CCCCC2)OC1(C)C.CC1CCCC(OC(=O)c2ccc3cc[nH]c3c2)C1Br. The normalized spacial score (nSPS) is 24.2. The Balaban J connectivity index is 0.000000172. The zero-order valence-electron chi connectivity index (χ0n) is 28.0. The Kier molecular flexibility index (Phi) is 9.67. The van der Waals surface area contributed by atoms with E-state index in [1.807, 2.05) is 36.5 Å². The molecule has 3 heterocycles. The van der Waals surface area contributed by atoms with Gasteiger partial charge in [0.05, 0.1) is 27.2 Å². The molecule has 0 bridgehead atoms. The molecule has 8 nitrogen and oxygen atoms in total. The number of halogens is 1. The Labute approximate surface area is 285 Å². The number of rotatable bonds is 5. The number of aromatic carboxylic acids is 1. The van der Waals surface area contributed by atoms with Crippen molar-refractivity contribution in [1.82, 2.24) is 9.97 Å². The Bertz CT molecular complexity index is 1740. The van der Waals surface area contributed by atoms with Gasteiger partial charge in [0.15, 0.2) is 0 Å². The van der Waals surface area contributed by atoms with Crippen LogP contribution in [-0.4, -0.2) is 56.3 Å². The number of nitrogens with one attached hydrogen (secondary N) is 2. The summed E-state index contributed by atoms with van der Waals surface area (Å²) in [5, 5.41) is 11.6. The van der Waals surface area contributed by atoms with E-state index in [9.17, 15) is 14.7 Å². The molecule has 2 aromatic heterocycles. The first-order chi connectivity index (χ1) is 22.3. The predicted octanol–water partition coefficient (Wildman–Crippen LogP) is 8.49. The van der Waals surface area contributed by atoms with Crippen molar-refractivity contribution < 1.29 is 28.7 Å². The van der Waals surface area contributed by atoms with E-state index in [0.717, 1.165) is 53.1 Å². The van der Waals surface area contributed by atoms with Crippen LogP contribution in [0.5, 0.6) is 0 Å². The van der Waals surface area contributed by atoms with Gasteiger partial charge in [-0.3, -0.25) is 0 Å². The van der Waals surface area contributed by atoms with Crippen LogP contribution in [0.15, 0.2) is 48.7 Å². The minimum atomic E-state index is -0.914. The number of benzene rings is 2. The van der Waals surface area contributed by atoms with Gasteiger partial charge in [0.25, 0.3) is 0 Å². The van der Waals surface area contributed by atoms with E-state index < -0.39 is 24.3 Å². The number of aromatic amines is 2. The maximum atomic E-state index is 12.3. The number of carbonyl (C=O) groups excluding carboxylic acids is 1. The van der Waals surface area contributed by atoms with Crippen LogP contribution in [0.25, 0.3) is 21.8 Å². The summed E-state index contributed by atoms with van der Waals surface area (Å²) in [7, 11) is -0.465. The first kappa shape index (κ1) is 33.8. The number of hydrogen-bond donors (Lipinski definition) is 3. The summed E-state index contributed by atoms with van der Waals surface area (Å²) in [5.41, 5.74) is 4.10. The van der Waals surface area contributed by atoms with Gasteiger partial charge >= 0.3 is 19.1 Å². The lowest BCUT2D eigenvalue weighted by Gasteiger charge is -2.32. The summed E-state index contributed by atoms with van der Waals surface area (Å²) in [6, 6.07) is 13.0. The van der Waals surface area contributed by atoms with Gasteiger partial charge in [-0.1, -0.05) is 54.2 Å². The lowest BCUT2D eigenvalue weighted by atomic mass is 9.74. The summed E-state index contributed by atoms with van der Waals surface area (Å²) in [6.45, 7) is 10.4. The number of esters is 1. The van der Waals surface area contributed by atoms with Crippen molar-refractivity contribution in [2.24, 2.45) is 5.92 Å². The number of ether oxygens (including phenoxy) is 1. The number of aromatic nitrogens is 2. The highest BCUT2D eigenvalue weighted by Gasteiger charge is 2.53. The molecule has 250 valence electrons. The lowest BCUT2D eigenvalue weighted by molar-refractivity contribution is 0.00578. The molecule has 3 fully saturated rings. The highest BCUT2D eigenvalue weighted by molar-refractivity contribution is 9.09. The summed E-state index contributed by atoms with van der Waals surface area (Å²) >= 11 is 3.67. The molecule has 2 aromatic carbocycles. The Morgan fingerprint density at radius 1 is 0.894 bits per heavy atom. The van der Waals surface area contributed by atoms with Gasteiger partial charge in [-0.15, -0.1) is 0 Å². The quantitative estimate of drug-likeness (QED) is 0.109. The van der Waals surface area contributed by atoms with Crippen LogP contribution in [0.3, 0.4) is 0 Å². The van der Waals surface area contributed by atoms with Crippen molar-refractivity contribution in [3.8, 4) is 0 Å². The Morgan fingerprint density at radius 3 is 2.28 bits per heavy atom. The number of alkyl halides is 1. The van der Waals surface area contributed by atoms with Crippen LogP contribution in [0.1, 0.15) is 118 Å². The monoisotopic (exact) mass is 704 g/mol. The molecule has 3 unspecified atom stereocenters. The molecule has 3 atom stereocenters. The standard InChI is InChI=1S/C21H28BNO4.C16H18BrNO2/c1-20(2)21(3,4)27-22(26-20)18-17(13-8-6-5-7-9-13)15-11-10-14(19(24)25)12-16(15)23-18;1-10-3-2-4-14(15(10)17)20-16(19)12-6-5-11-7-8-18-13(11)9-12/h10-13,23H,5-9H2,1-4H3,(H,24,25);5-10,14-15,18H,2-4H2,1H3. The van der Waals surface area contributed by atoms with Gasteiger partial charge < -0.3 is 29.1 Å². The van der Waals surface area contributed by atoms with Crippen molar-refractivity contribution >= 4 is 62.4 Å². The van der Waals surface area contributed by atoms with Crippen molar-refractivity contribution in [2.45, 2.75) is 114 Å². The van der Waals surface area contributed by atoms with Gasteiger partial charge in [0.2, 0.25) is 0 Å². The minimum Gasteiger partial charge on any atom is -0.478 e. The van der Waals surface area contributed by atoms with E-state index in [0.29, 0.717) is 23.0 Å². The van der Waals surface area contributed by atoms with Gasteiger partial charge in [-0.25, -0.2) is 9.59 Å². The second-order valence-corrected chi connectivity index (χ2v) is 15.6. The molecular formula is C37H46BBrN2O6. The van der Waals surface area contributed by atoms with E-state index >= 15 is 0 Å². The number of carboxylic acids is 1. The molecule has 1 saturated heterocycles. The maximum absolute atomic E-state index is 12.3. The second kappa shape index (κ2) is 13.4. The predicted molar refractivity (Wildman–Crippen MR) is 190 cm³/mol. The molecule has 7 rings (SSSR count). The van der Waals surface area contributed by atoms with Crippen molar-refractivity contribution in [3.63, 3.8) is 0 Å². The first-order valence-corrected chi connectivity index (χ1v) is 17.9. The van der Waals surface area contributed by atoms with Gasteiger partial charge in [-0.2, -0.15) is 0 Å². The van der Waals surface area contributed by atoms with E-state index in [2.05, 4.69) is 60.5 Å². The van der Waals surface area contributed by atoms with Crippen LogP contribution in [0, 0.1) is 5.92 Å². The molecule has 0 amide bonds.